The van der Waals surface area contributed by atoms with Gasteiger partial charge in [0.15, 0.2) is 5.75 Å². The highest BCUT2D eigenvalue weighted by Crippen LogP contribution is 2.23. The van der Waals surface area contributed by atoms with Crippen LogP contribution < -0.4 is 15.2 Å². The fraction of sp³-hybridized carbons (Fsp3) is 0.636. The van der Waals surface area contributed by atoms with Crippen LogP contribution in [-0.2, 0) is 11.8 Å². The van der Waals surface area contributed by atoms with Gasteiger partial charge in [-0.05, 0) is 6.92 Å². The minimum atomic E-state index is -0.127. The maximum atomic E-state index is 12.1. The predicted octanol–water partition coefficient (Wildman–Crippen LogP) is 0.0156. The molecule has 0 radical (unpaired) electrons. The molecule has 0 aliphatic carbocycles. The molecule has 0 spiro atoms. The van der Waals surface area contributed by atoms with Crippen molar-refractivity contribution in [1.29, 1.82) is 0 Å². The van der Waals surface area contributed by atoms with Gasteiger partial charge in [-0.3, -0.25) is 4.79 Å². The molecule has 0 saturated carbocycles. The van der Waals surface area contributed by atoms with Crippen LogP contribution in [0, 0.1) is 0 Å². The number of rotatable bonds is 3. The SMILES string of the molecule is CCOc1cnn(C)c(=O)c1N1CCOCC1. The van der Waals surface area contributed by atoms with Crippen molar-refractivity contribution >= 4 is 5.69 Å². The van der Waals surface area contributed by atoms with Gasteiger partial charge in [0.1, 0.15) is 5.69 Å². The molecule has 1 aliphatic rings. The third-order valence-corrected chi connectivity index (χ3v) is 2.71. The number of ether oxygens (including phenoxy) is 2. The standard InChI is InChI=1S/C11H17N3O3/c1-3-17-9-8-12-13(2)11(15)10(9)14-4-6-16-7-5-14/h8H,3-7H2,1-2H3. The lowest BCUT2D eigenvalue weighted by atomic mass is 10.3. The van der Waals surface area contributed by atoms with Gasteiger partial charge in [-0.15, -0.1) is 0 Å². The second kappa shape index (κ2) is 5.18. The zero-order chi connectivity index (χ0) is 12.3. The molecule has 1 aromatic rings. The van der Waals surface area contributed by atoms with E-state index in [1.807, 2.05) is 11.8 Å². The summed E-state index contributed by atoms with van der Waals surface area (Å²) in [5.41, 5.74) is 0.463. The molecule has 0 bridgehead atoms. The molecule has 17 heavy (non-hydrogen) atoms. The molecule has 94 valence electrons. The predicted molar refractivity (Wildman–Crippen MR) is 63.7 cm³/mol. The summed E-state index contributed by atoms with van der Waals surface area (Å²) in [5.74, 6) is 0.553. The molecule has 0 unspecified atom stereocenters. The summed E-state index contributed by atoms with van der Waals surface area (Å²) in [5, 5.41) is 3.97. The van der Waals surface area contributed by atoms with E-state index in [1.54, 1.807) is 13.2 Å². The van der Waals surface area contributed by atoms with Crippen molar-refractivity contribution in [2.75, 3.05) is 37.8 Å². The van der Waals surface area contributed by atoms with Crippen LogP contribution in [0.5, 0.6) is 5.75 Å². The quantitative estimate of drug-likeness (QED) is 0.744. The molecule has 2 rings (SSSR count). The highest BCUT2D eigenvalue weighted by atomic mass is 16.5. The van der Waals surface area contributed by atoms with Gasteiger partial charge in [0, 0.05) is 20.1 Å². The lowest BCUT2D eigenvalue weighted by molar-refractivity contribution is 0.122. The average Bonchev–Trinajstić information content (AvgIpc) is 2.36. The van der Waals surface area contributed by atoms with Crippen molar-refractivity contribution in [2.45, 2.75) is 6.92 Å². The zero-order valence-electron chi connectivity index (χ0n) is 10.2. The molecule has 0 aromatic carbocycles. The number of aromatic nitrogens is 2. The summed E-state index contributed by atoms with van der Waals surface area (Å²) in [6.45, 7) is 5.10. The number of nitrogens with zero attached hydrogens (tertiary/aromatic N) is 3. The second-order valence-corrected chi connectivity index (χ2v) is 3.82. The average molecular weight is 239 g/mol. The molecule has 6 nitrogen and oxygen atoms in total. The summed E-state index contributed by atoms with van der Waals surface area (Å²) >= 11 is 0. The van der Waals surface area contributed by atoms with E-state index in [-0.39, 0.29) is 5.56 Å². The van der Waals surface area contributed by atoms with E-state index in [0.717, 1.165) is 0 Å². The van der Waals surface area contributed by atoms with Crippen molar-refractivity contribution in [3.05, 3.63) is 16.6 Å². The normalized spacial score (nSPS) is 16.0. The maximum absolute atomic E-state index is 12.1. The Labute approximate surface area is 99.7 Å². The van der Waals surface area contributed by atoms with E-state index >= 15 is 0 Å². The molecule has 0 amide bonds. The molecular weight excluding hydrogens is 222 g/mol. The summed E-state index contributed by atoms with van der Waals surface area (Å²) in [4.78, 5) is 14.1. The van der Waals surface area contributed by atoms with Gasteiger partial charge in [-0.1, -0.05) is 0 Å². The lowest BCUT2D eigenvalue weighted by Crippen LogP contribution is -2.40. The minimum Gasteiger partial charge on any atom is -0.490 e. The third kappa shape index (κ3) is 2.41. The zero-order valence-corrected chi connectivity index (χ0v) is 10.2. The number of anilines is 1. The molecule has 0 atom stereocenters. The van der Waals surface area contributed by atoms with E-state index in [2.05, 4.69) is 5.10 Å². The second-order valence-electron chi connectivity index (χ2n) is 3.82. The monoisotopic (exact) mass is 239 g/mol. The Kier molecular flexibility index (Phi) is 3.63. The number of aryl methyl sites for hydroxylation is 1. The first-order valence-corrected chi connectivity index (χ1v) is 5.76. The number of morpholine rings is 1. The molecular formula is C11H17N3O3. The van der Waals surface area contributed by atoms with Gasteiger partial charge >= 0.3 is 0 Å². The minimum absolute atomic E-state index is 0.127. The van der Waals surface area contributed by atoms with Crippen LogP contribution >= 0.6 is 0 Å². The molecule has 1 aromatic heterocycles. The smallest absolute Gasteiger partial charge is 0.293 e. The van der Waals surface area contributed by atoms with Gasteiger partial charge in [-0.2, -0.15) is 5.10 Å². The van der Waals surface area contributed by atoms with E-state index in [1.165, 1.54) is 4.68 Å². The first kappa shape index (κ1) is 11.9. The Balaban J connectivity index is 2.40. The Morgan fingerprint density at radius 2 is 2.18 bits per heavy atom. The fourth-order valence-electron chi connectivity index (χ4n) is 1.85. The molecule has 1 fully saturated rings. The van der Waals surface area contributed by atoms with Gasteiger partial charge < -0.3 is 14.4 Å². The maximum Gasteiger partial charge on any atom is 0.293 e. The van der Waals surface area contributed by atoms with Crippen LogP contribution in [0.1, 0.15) is 6.92 Å². The van der Waals surface area contributed by atoms with Crippen LogP contribution in [0.15, 0.2) is 11.0 Å². The first-order valence-electron chi connectivity index (χ1n) is 5.76. The first-order chi connectivity index (χ1) is 8.24. The van der Waals surface area contributed by atoms with Crippen LogP contribution in [0.3, 0.4) is 0 Å². The third-order valence-electron chi connectivity index (χ3n) is 2.71. The Hall–Kier alpha value is -1.56. The van der Waals surface area contributed by atoms with Crippen molar-refractivity contribution in [2.24, 2.45) is 7.05 Å². The van der Waals surface area contributed by atoms with E-state index in [9.17, 15) is 4.79 Å². The Bertz CT molecular complexity index is 438. The van der Waals surface area contributed by atoms with Gasteiger partial charge in [-0.25, -0.2) is 4.68 Å². The molecule has 2 heterocycles. The van der Waals surface area contributed by atoms with Crippen LogP contribution in [-0.4, -0.2) is 42.7 Å². The Morgan fingerprint density at radius 1 is 1.47 bits per heavy atom. The molecule has 1 saturated heterocycles. The molecule has 0 N–H and O–H groups in total. The lowest BCUT2D eigenvalue weighted by Gasteiger charge is -2.29. The van der Waals surface area contributed by atoms with Gasteiger partial charge in [0.25, 0.3) is 5.56 Å². The van der Waals surface area contributed by atoms with Crippen molar-refractivity contribution in [3.8, 4) is 5.75 Å². The summed E-state index contributed by atoms with van der Waals surface area (Å²) in [6, 6.07) is 0. The Morgan fingerprint density at radius 3 is 2.82 bits per heavy atom. The van der Waals surface area contributed by atoms with Crippen molar-refractivity contribution in [3.63, 3.8) is 0 Å². The highest BCUT2D eigenvalue weighted by Gasteiger charge is 2.20. The van der Waals surface area contributed by atoms with E-state index in [0.29, 0.717) is 44.3 Å². The van der Waals surface area contributed by atoms with Gasteiger partial charge in [0.05, 0.1) is 26.0 Å². The van der Waals surface area contributed by atoms with Crippen molar-refractivity contribution < 1.29 is 9.47 Å². The summed E-state index contributed by atoms with van der Waals surface area (Å²) < 4.78 is 12.1. The summed E-state index contributed by atoms with van der Waals surface area (Å²) in [7, 11) is 1.64. The van der Waals surface area contributed by atoms with Gasteiger partial charge in [0.2, 0.25) is 0 Å². The number of hydrogen-bond acceptors (Lipinski definition) is 5. The topological polar surface area (TPSA) is 56.6 Å². The molecule has 1 aliphatic heterocycles. The van der Waals surface area contributed by atoms with Crippen molar-refractivity contribution in [1.82, 2.24) is 9.78 Å². The highest BCUT2D eigenvalue weighted by molar-refractivity contribution is 5.56. The van der Waals surface area contributed by atoms with Crippen LogP contribution in [0.2, 0.25) is 0 Å². The largest absolute Gasteiger partial charge is 0.490 e. The number of hydrogen-bond donors (Lipinski definition) is 0. The van der Waals surface area contributed by atoms with Crippen LogP contribution in [0.4, 0.5) is 5.69 Å². The fourth-order valence-corrected chi connectivity index (χ4v) is 1.85. The summed E-state index contributed by atoms with van der Waals surface area (Å²) in [6.07, 6.45) is 1.59. The van der Waals surface area contributed by atoms with E-state index < -0.39 is 0 Å². The van der Waals surface area contributed by atoms with Crippen LogP contribution in [0.25, 0.3) is 0 Å². The molecule has 6 heteroatoms. The van der Waals surface area contributed by atoms with E-state index in [4.69, 9.17) is 9.47 Å².